The molecule has 1 aliphatic heterocycles. The topological polar surface area (TPSA) is 105 Å². The van der Waals surface area contributed by atoms with Gasteiger partial charge in [-0.1, -0.05) is 6.07 Å². The Labute approximate surface area is 214 Å². The number of nitrogens with zero attached hydrogens (tertiary/aromatic N) is 1. The number of hydrogen-bond donors (Lipinski definition) is 0. The number of fused-ring (bicyclic) bond motifs is 2. The van der Waals surface area contributed by atoms with E-state index in [1.807, 2.05) is 18.2 Å². The summed E-state index contributed by atoms with van der Waals surface area (Å²) in [6.45, 7) is 10.1. The maximum absolute atomic E-state index is 5.64. The molecule has 0 aromatic carbocycles. The summed E-state index contributed by atoms with van der Waals surface area (Å²) in [5.41, 5.74) is 1.72. The van der Waals surface area contributed by atoms with E-state index < -0.39 is 0 Å². The molecule has 0 aliphatic carbocycles. The highest BCUT2D eigenvalue weighted by atomic mass is 16.6. The second-order valence-corrected chi connectivity index (χ2v) is 7.62. The lowest BCUT2D eigenvalue weighted by Gasteiger charge is -2.09. The summed E-state index contributed by atoms with van der Waals surface area (Å²) in [6.07, 6.45) is 0. The average Bonchev–Trinajstić information content (AvgIpc) is 2.89. The number of rotatable bonds is 0. The van der Waals surface area contributed by atoms with Crippen LogP contribution < -0.4 is 0 Å². The lowest BCUT2D eigenvalue weighted by Crippen LogP contribution is -2.15. The predicted octanol–water partition coefficient (Wildman–Crippen LogP) is 1.26. The van der Waals surface area contributed by atoms with Crippen molar-refractivity contribution >= 4 is 0 Å². The fourth-order valence-electron chi connectivity index (χ4n) is 2.92. The molecule has 1 aromatic rings. The van der Waals surface area contributed by atoms with Crippen LogP contribution in [-0.4, -0.2) is 124 Å². The lowest BCUT2D eigenvalue weighted by atomic mass is 10.3. The van der Waals surface area contributed by atoms with E-state index in [0.29, 0.717) is 132 Å². The van der Waals surface area contributed by atoms with E-state index in [0.717, 1.165) is 11.4 Å². The van der Waals surface area contributed by atoms with Gasteiger partial charge in [-0.15, -0.1) is 0 Å². The Balaban J connectivity index is 1.57. The van der Waals surface area contributed by atoms with Crippen LogP contribution in [0.2, 0.25) is 0 Å². The maximum Gasteiger partial charge on any atom is 0.0889 e. The average molecular weight is 518 g/mol. The first-order valence-electron chi connectivity index (χ1n) is 12.7. The highest BCUT2D eigenvalue weighted by Crippen LogP contribution is 2.03. The molecule has 208 valence electrons. The smallest absolute Gasteiger partial charge is 0.0889 e. The molecule has 0 fully saturated rings. The van der Waals surface area contributed by atoms with Crippen LogP contribution in [0.3, 0.4) is 0 Å². The van der Waals surface area contributed by atoms with Crippen LogP contribution in [0.15, 0.2) is 18.2 Å². The van der Waals surface area contributed by atoms with Gasteiger partial charge in [0.25, 0.3) is 0 Å². The van der Waals surface area contributed by atoms with Crippen LogP contribution in [-0.2, 0) is 60.6 Å². The van der Waals surface area contributed by atoms with E-state index >= 15 is 0 Å². The molecule has 0 spiro atoms. The number of ether oxygens (including phenoxy) is 10. The van der Waals surface area contributed by atoms with E-state index in [4.69, 9.17) is 47.4 Å². The Hall–Kier alpha value is -1.25. The summed E-state index contributed by atoms with van der Waals surface area (Å²) in [5, 5.41) is 0. The van der Waals surface area contributed by atoms with E-state index in [1.165, 1.54) is 0 Å². The number of hydrogen-bond acceptors (Lipinski definition) is 11. The maximum atomic E-state index is 5.64. The van der Waals surface area contributed by atoms with Crippen molar-refractivity contribution in [3.05, 3.63) is 29.6 Å². The minimum Gasteiger partial charge on any atom is -0.377 e. The molecule has 2 bridgehead atoms. The van der Waals surface area contributed by atoms with Gasteiger partial charge in [-0.25, -0.2) is 0 Å². The molecule has 0 atom stereocenters. The van der Waals surface area contributed by atoms with Gasteiger partial charge in [0, 0.05) is 0 Å². The Morgan fingerprint density at radius 2 is 0.556 bits per heavy atom. The van der Waals surface area contributed by atoms with Gasteiger partial charge in [0.15, 0.2) is 0 Å². The van der Waals surface area contributed by atoms with Crippen LogP contribution >= 0.6 is 0 Å². The van der Waals surface area contributed by atoms with Crippen LogP contribution in [0.1, 0.15) is 11.4 Å². The van der Waals surface area contributed by atoms with Crippen molar-refractivity contribution in [3.63, 3.8) is 0 Å². The summed E-state index contributed by atoms with van der Waals surface area (Å²) < 4.78 is 55.1. The SMILES string of the molecule is c1cc2nc(c1)COCCOCCOCCOCCOCCOCCOCCOCCOCCOC2. The predicted molar refractivity (Wildman–Crippen MR) is 130 cm³/mol. The first-order chi connectivity index (χ1) is 17.9. The summed E-state index contributed by atoms with van der Waals surface area (Å²) in [6, 6.07) is 5.82. The van der Waals surface area contributed by atoms with Crippen LogP contribution in [0.5, 0.6) is 0 Å². The minimum absolute atomic E-state index is 0.427. The molecular formula is C25H43NO10. The van der Waals surface area contributed by atoms with Crippen LogP contribution in [0.4, 0.5) is 0 Å². The molecule has 0 saturated heterocycles. The molecule has 0 N–H and O–H groups in total. The first-order valence-corrected chi connectivity index (χ1v) is 12.7. The Morgan fingerprint density at radius 3 is 0.806 bits per heavy atom. The molecule has 11 nitrogen and oxygen atoms in total. The lowest BCUT2D eigenvalue weighted by molar-refractivity contribution is -0.0268. The molecule has 0 radical (unpaired) electrons. The second-order valence-electron chi connectivity index (χ2n) is 7.62. The summed E-state index contributed by atoms with van der Waals surface area (Å²) in [5.74, 6) is 0. The van der Waals surface area contributed by atoms with Crippen molar-refractivity contribution in [1.82, 2.24) is 4.98 Å². The summed E-state index contributed by atoms with van der Waals surface area (Å²) >= 11 is 0. The van der Waals surface area contributed by atoms with Crippen molar-refractivity contribution in [3.8, 4) is 0 Å². The van der Waals surface area contributed by atoms with Gasteiger partial charge in [-0.3, -0.25) is 4.98 Å². The van der Waals surface area contributed by atoms with Gasteiger partial charge in [0.1, 0.15) is 0 Å². The van der Waals surface area contributed by atoms with Crippen molar-refractivity contribution in [2.75, 3.05) is 119 Å². The Kier molecular flexibility index (Phi) is 20.7. The van der Waals surface area contributed by atoms with E-state index in [1.54, 1.807) is 0 Å². The fourth-order valence-corrected chi connectivity index (χ4v) is 2.92. The zero-order valence-corrected chi connectivity index (χ0v) is 21.4. The molecule has 1 aliphatic rings. The third-order valence-corrected chi connectivity index (χ3v) is 4.71. The van der Waals surface area contributed by atoms with E-state index in [2.05, 4.69) is 4.98 Å². The van der Waals surface area contributed by atoms with Gasteiger partial charge < -0.3 is 47.4 Å². The highest BCUT2D eigenvalue weighted by Gasteiger charge is 2.01. The van der Waals surface area contributed by atoms with Crippen molar-refractivity contribution in [2.45, 2.75) is 13.2 Å². The van der Waals surface area contributed by atoms with Crippen LogP contribution in [0, 0.1) is 0 Å². The third kappa shape index (κ3) is 18.9. The second kappa shape index (κ2) is 24.1. The number of pyridine rings is 1. The largest absolute Gasteiger partial charge is 0.377 e. The molecule has 1 aromatic heterocycles. The zero-order chi connectivity index (χ0) is 25.2. The van der Waals surface area contributed by atoms with Gasteiger partial charge in [-0.2, -0.15) is 0 Å². The van der Waals surface area contributed by atoms with Crippen molar-refractivity contribution < 1.29 is 47.4 Å². The molecule has 0 amide bonds. The molecule has 0 saturated carbocycles. The Morgan fingerprint density at radius 1 is 0.333 bits per heavy atom. The molecule has 0 unspecified atom stereocenters. The van der Waals surface area contributed by atoms with E-state index in [-0.39, 0.29) is 0 Å². The van der Waals surface area contributed by atoms with Gasteiger partial charge in [-0.05, 0) is 12.1 Å². The third-order valence-electron chi connectivity index (χ3n) is 4.71. The minimum atomic E-state index is 0.427. The summed E-state index contributed by atoms with van der Waals surface area (Å²) in [7, 11) is 0. The first kappa shape index (κ1) is 31.0. The van der Waals surface area contributed by atoms with Crippen molar-refractivity contribution in [2.24, 2.45) is 0 Å². The highest BCUT2D eigenvalue weighted by molar-refractivity contribution is 5.09. The van der Waals surface area contributed by atoms with Gasteiger partial charge in [0.05, 0.1) is 144 Å². The molecule has 2 rings (SSSR count). The van der Waals surface area contributed by atoms with Gasteiger partial charge >= 0.3 is 0 Å². The molecule has 2 heterocycles. The fraction of sp³-hybridized carbons (Fsp3) is 0.800. The zero-order valence-electron chi connectivity index (χ0n) is 21.4. The van der Waals surface area contributed by atoms with E-state index in [9.17, 15) is 0 Å². The van der Waals surface area contributed by atoms with Gasteiger partial charge in [0.2, 0.25) is 0 Å². The molecule has 36 heavy (non-hydrogen) atoms. The normalized spacial score (nSPS) is 21.9. The molecular weight excluding hydrogens is 474 g/mol. The summed E-state index contributed by atoms with van der Waals surface area (Å²) in [4.78, 5) is 4.55. The van der Waals surface area contributed by atoms with Crippen molar-refractivity contribution in [1.29, 1.82) is 0 Å². The standard InChI is InChI=1S/C25H43NO10/c1-2-24-22-35-20-18-33-16-14-31-12-10-29-8-6-27-4-5-28-7-9-30-11-13-32-15-17-34-19-21-36-23-25(3-1)26-24/h1-3H,4-23H2. The van der Waals surface area contributed by atoms with Crippen LogP contribution in [0.25, 0.3) is 0 Å². The molecule has 11 heteroatoms. The Bertz CT molecular complexity index is 563. The number of aromatic nitrogens is 1. The quantitative estimate of drug-likeness (QED) is 0.497. The monoisotopic (exact) mass is 517 g/mol.